The number of carbonyl (C=O) groups is 2. The van der Waals surface area contributed by atoms with Crippen LogP contribution in [-0.4, -0.2) is 45.0 Å². The first-order valence-electron chi connectivity index (χ1n) is 7.27. The summed E-state index contributed by atoms with van der Waals surface area (Å²) in [6.45, 7) is 4.30. The summed E-state index contributed by atoms with van der Waals surface area (Å²) in [5.74, 6) is -0.379. The molecule has 0 radical (unpaired) electrons. The summed E-state index contributed by atoms with van der Waals surface area (Å²) in [4.78, 5) is 22.4. The van der Waals surface area contributed by atoms with Crippen molar-refractivity contribution in [3.05, 3.63) is 0 Å². The molecule has 0 aliphatic rings. The first-order valence-corrected chi connectivity index (χ1v) is 7.27. The van der Waals surface area contributed by atoms with E-state index >= 15 is 0 Å². The third-order valence-electron chi connectivity index (χ3n) is 2.74. The predicted molar refractivity (Wildman–Crippen MR) is 75.5 cm³/mol. The molecule has 0 saturated heterocycles. The smallest absolute Gasteiger partial charge is 0.461 e. The highest BCUT2D eigenvalue weighted by Crippen LogP contribution is 2.10. The van der Waals surface area contributed by atoms with E-state index in [1.54, 1.807) is 7.05 Å². The van der Waals surface area contributed by atoms with Gasteiger partial charge < -0.3 is 19.5 Å². The maximum absolute atomic E-state index is 11.4. The molecule has 6 nitrogen and oxygen atoms in total. The molecule has 0 bridgehead atoms. The van der Waals surface area contributed by atoms with E-state index in [2.05, 4.69) is 12.2 Å². The Labute approximate surface area is 121 Å². The van der Waals surface area contributed by atoms with E-state index in [-0.39, 0.29) is 31.8 Å². The van der Waals surface area contributed by atoms with Crippen LogP contribution in [0.2, 0.25) is 0 Å². The Balaban J connectivity index is 3.66. The van der Waals surface area contributed by atoms with Crippen molar-refractivity contribution in [1.82, 2.24) is 5.32 Å². The van der Waals surface area contributed by atoms with Gasteiger partial charge >= 0.3 is 12.1 Å². The molecule has 1 N–H and O–H groups in total. The van der Waals surface area contributed by atoms with Crippen molar-refractivity contribution in [2.24, 2.45) is 0 Å². The van der Waals surface area contributed by atoms with Gasteiger partial charge in [-0.05, 0) is 26.3 Å². The van der Waals surface area contributed by atoms with Gasteiger partial charge in [-0.15, -0.1) is 0 Å². The second kappa shape index (κ2) is 12.7. The van der Waals surface area contributed by atoms with Crippen molar-refractivity contribution in [2.75, 3.05) is 26.8 Å². The van der Waals surface area contributed by atoms with Crippen LogP contribution in [0.3, 0.4) is 0 Å². The molecule has 0 saturated carbocycles. The lowest BCUT2D eigenvalue weighted by atomic mass is 10.1. The van der Waals surface area contributed by atoms with Gasteiger partial charge in [-0.2, -0.15) is 0 Å². The zero-order valence-corrected chi connectivity index (χ0v) is 12.8. The maximum atomic E-state index is 11.4. The van der Waals surface area contributed by atoms with Gasteiger partial charge in [0, 0.05) is 0 Å². The van der Waals surface area contributed by atoms with Crippen molar-refractivity contribution in [3.63, 3.8) is 0 Å². The van der Waals surface area contributed by atoms with Crippen LogP contribution in [0.1, 0.15) is 46.0 Å². The molecule has 1 atom stereocenters. The fourth-order valence-corrected chi connectivity index (χ4v) is 1.61. The average Bonchev–Trinajstić information content (AvgIpc) is 2.43. The van der Waals surface area contributed by atoms with Gasteiger partial charge in [0.05, 0.1) is 6.54 Å². The standard InChI is InChI=1S/C14H27NO5/c1-4-6-7-8-12(5-2)20-14(17)19-10-9-18-13(16)11-15-3/h12,15H,4-11H2,1-3H3. The van der Waals surface area contributed by atoms with E-state index in [9.17, 15) is 9.59 Å². The van der Waals surface area contributed by atoms with Gasteiger partial charge in [-0.3, -0.25) is 4.79 Å². The minimum absolute atomic E-state index is 0.0136. The second-order valence-electron chi connectivity index (χ2n) is 4.49. The highest BCUT2D eigenvalue weighted by atomic mass is 16.7. The van der Waals surface area contributed by atoms with Crippen LogP contribution in [0.15, 0.2) is 0 Å². The minimum atomic E-state index is -0.696. The molecular weight excluding hydrogens is 262 g/mol. The highest BCUT2D eigenvalue weighted by Gasteiger charge is 2.13. The van der Waals surface area contributed by atoms with Gasteiger partial charge in [0.1, 0.15) is 19.3 Å². The minimum Gasteiger partial charge on any atom is -0.461 e. The van der Waals surface area contributed by atoms with Gasteiger partial charge in [0.2, 0.25) is 0 Å². The molecule has 0 aromatic heterocycles. The number of likely N-dealkylation sites (N-methyl/N-ethyl adjacent to an activating group) is 1. The fourth-order valence-electron chi connectivity index (χ4n) is 1.61. The van der Waals surface area contributed by atoms with Crippen molar-refractivity contribution >= 4 is 12.1 Å². The molecule has 0 aliphatic carbocycles. The van der Waals surface area contributed by atoms with Crippen LogP contribution in [0.5, 0.6) is 0 Å². The number of ether oxygens (including phenoxy) is 3. The van der Waals surface area contributed by atoms with Gasteiger partial charge in [0.25, 0.3) is 0 Å². The molecule has 0 aromatic carbocycles. The predicted octanol–water partition coefficient (Wildman–Crippen LogP) is 2.26. The van der Waals surface area contributed by atoms with E-state index in [1.165, 1.54) is 0 Å². The van der Waals surface area contributed by atoms with Crippen LogP contribution in [0.25, 0.3) is 0 Å². The van der Waals surface area contributed by atoms with Crippen LogP contribution in [0.4, 0.5) is 4.79 Å². The summed E-state index contributed by atoms with van der Waals surface area (Å²) >= 11 is 0. The topological polar surface area (TPSA) is 73.9 Å². The number of carbonyl (C=O) groups excluding carboxylic acids is 2. The Morgan fingerprint density at radius 1 is 1.10 bits per heavy atom. The van der Waals surface area contributed by atoms with Gasteiger partial charge in [-0.25, -0.2) is 4.79 Å². The number of hydrogen-bond donors (Lipinski definition) is 1. The van der Waals surface area contributed by atoms with E-state index in [0.717, 1.165) is 32.1 Å². The Hall–Kier alpha value is -1.30. The number of esters is 1. The summed E-state index contributed by atoms with van der Waals surface area (Å²) in [5.41, 5.74) is 0. The van der Waals surface area contributed by atoms with Gasteiger partial charge in [-0.1, -0.05) is 26.7 Å². The zero-order valence-electron chi connectivity index (χ0n) is 12.8. The third kappa shape index (κ3) is 10.6. The second-order valence-corrected chi connectivity index (χ2v) is 4.49. The molecule has 0 rings (SSSR count). The molecule has 20 heavy (non-hydrogen) atoms. The highest BCUT2D eigenvalue weighted by molar-refractivity contribution is 5.71. The van der Waals surface area contributed by atoms with E-state index in [4.69, 9.17) is 14.2 Å². The van der Waals surface area contributed by atoms with Gasteiger partial charge in [0.15, 0.2) is 0 Å². The summed E-state index contributed by atoms with van der Waals surface area (Å²) < 4.78 is 14.8. The average molecular weight is 289 g/mol. The summed E-state index contributed by atoms with van der Waals surface area (Å²) in [5, 5.41) is 2.67. The molecule has 0 aromatic rings. The molecule has 0 heterocycles. The largest absolute Gasteiger partial charge is 0.508 e. The quantitative estimate of drug-likeness (QED) is 0.464. The zero-order chi connectivity index (χ0) is 15.2. The molecule has 0 amide bonds. The third-order valence-corrected chi connectivity index (χ3v) is 2.74. The van der Waals surface area contributed by atoms with Crippen molar-refractivity contribution in [3.8, 4) is 0 Å². The number of rotatable bonds is 11. The maximum Gasteiger partial charge on any atom is 0.508 e. The molecule has 6 heteroatoms. The molecule has 0 fully saturated rings. The summed E-state index contributed by atoms with van der Waals surface area (Å²) in [6.07, 6.45) is 4.16. The van der Waals surface area contributed by atoms with Crippen LogP contribution in [0, 0.1) is 0 Å². The van der Waals surface area contributed by atoms with E-state index in [1.807, 2.05) is 6.92 Å². The van der Waals surface area contributed by atoms with Crippen LogP contribution in [-0.2, 0) is 19.0 Å². The van der Waals surface area contributed by atoms with Crippen molar-refractivity contribution in [2.45, 2.75) is 52.1 Å². The number of nitrogens with one attached hydrogen (secondary N) is 1. The molecular formula is C14H27NO5. The SMILES string of the molecule is CCCCCC(CC)OC(=O)OCCOC(=O)CNC. The summed E-state index contributed by atoms with van der Waals surface area (Å²) in [7, 11) is 1.65. The summed E-state index contributed by atoms with van der Waals surface area (Å²) in [6, 6.07) is 0. The first kappa shape index (κ1) is 18.7. The van der Waals surface area contributed by atoms with E-state index in [0.29, 0.717) is 0 Å². The Bertz CT molecular complexity index is 270. The lowest BCUT2D eigenvalue weighted by Gasteiger charge is -2.15. The molecule has 0 spiro atoms. The lowest BCUT2D eigenvalue weighted by molar-refractivity contribution is -0.143. The Kier molecular flexibility index (Phi) is 11.9. The van der Waals surface area contributed by atoms with Crippen molar-refractivity contribution < 1.29 is 23.8 Å². The number of unbranched alkanes of at least 4 members (excludes halogenated alkanes) is 2. The monoisotopic (exact) mass is 289 g/mol. The number of hydrogen-bond acceptors (Lipinski definition) is 6. The molecule has 1 unspecified atom stereocenters. The Morgan fingerprint density at radius 2 is 1.80 bits per heavy atom. The molecule has 0 aliphatic heterocycles. The van der Waals surface area contributed by atoms with Crippen molar-refractivity contribution in [1.29, 1.82) is 0 Å². The van der Waals surface area contributed by atoms with E-state index < -0.39 is 6.16 Å². The molecule has 118 valence electrons. The lowest BCUT2D eigenvalue weighted by Crippen LogP contribution is -2.24. The fraction of sp³-hybridized carbons (Fsp3) is 0.857. The van der Waals surface area contributed by atoms with Crippen LogP contribution >= 0.6 is 0 Å². The normalized spacial score (nSPS) is 11.8. The first-order chi connectivity index (χ1) is 9.63. The van der Waals surface area contributed by atoms with Crippen LogP contribution < -0.4 is 5.32 Å². The Morgan fingerprint density at radius 3 is 2.40 bits per heavy atom.